The molecule has 0 radical (unpaired) electrons. The topological polar surface area (TPSA) is 66.3 Å². The number of amides is 1. The molecule has 2 unspecified atom stereocenters. The lowest BCUT2D eigenvalue weighted by Gasteiger charge is -2.30. The third-order valence-electron chi connectivity index (χ3n) is 3.97. The second-order valence-corrected chi connectivity index (χ2v) is 5.69. The van der Waals surface area contributed by atoms with Crippen LogP contribution < -0.4 is 10.1 Å². The highest BCUT2D eigenvalue weighted by Gasteiger charge is 2.42. The SMILES string of the molecule is CCCC1=NC(C)C2C(=O)NC(c3ccccc3OCC)=NN12. The van der Waals surface area contributed by atoms with Gasteiger partial charge in [-0.25, -0.2) is 5.01 Å². The number of para-hydroxylation sites is 1. The van der Waals surface area contributed by atoms with Crippen molar-refractivity contribution in [3.8, 4) is 5.75 Å². The highest BCUT2D eigenvalue weighted by molar-refractivity contribution is 6.13. The third kappa shape index (κ3) is 2.81. The zero-order valence-electron chi connectivity index (χ0n) is 13.7. The quantitative estimate of drug-likeness (QED) is 0.905. The highest BCUT2D eigenvalue weighted by atomic mass is 16.5. The molecule has 2 atom stereocenters. The summed E-state index contributed by atoms with van der Waals surface area (Å²) in [6, 6.07) is 7.17. The van der Waals surface area contributed by atoms with E-state index in [9.17, 15) is 4.79 Å². The van der Waals surface area contributed by atoms with Crippen molar-refractivity contribution in [1.29, 1.82) is 0 Å². The Bertz CT molecular complexity index is 668. The van der Waals surface area contributed by atoms with E-state index < -0.39 is 0 Å². The number of carbonyl (C=O) groups excluding carboxylic acids is 1. The second-order valence-electron chi connectivity index (χ2n) is 5.69. The molecule has 1 aromatic carbocycles. The molecule has 0 bridgehead atoms. The minimum absolute atomic E-state index is 0.0661. The summed E-state index contributed by atoms with van der Waals surface area (Å²) < 4.78 is 5.65. The van der Waals surface area contributed by atoms with Gasteiger partial charge in [0.15, 0.2) is 11.9 Å². The van der Waals surface area contributed by atoms with Gasteiger partial charge in [0.2, 0.25) is 0 Å². The molecule has 2 aliphatic heterocycles. The Morgan fingerprint density at radius 1 is 1.30 bits per heavy atom. The van der Waals surface area contributed by atoms with Gasteiger partial charge in [0.1, 0.15) is 11.6 Å². The Kier molecular flexibility index (Phi) is 4.32. The molecule has 6 heteroatoms. The summed E-state index contributed by atoms with van der Waals surface area (Å²) in [5.41, 5.74) is 0.788. The molecule has 1 N–H and O–H groups in total. The highest BCUT2D eigenvalue weighted by Crippen LogP contribution is 2.26. The first-order valence-electron chi connectivity index (χ1n) is 8.13. The summed E-state index contributed by atoms with van der Waals surface area (Å²) in [4.78, 5) is 17.1. The number of amidine groups is 2. The van der Waals surface area contributed by atoms with Crippen molar-refractivity contribution in [3.63, 3.8) is 0 Å². The van der Waals surface area contributed by atoms with Crippen LogP contribution in [0.15, 0.2) is 34.4 Å². The molecule has 0 aromatic heterocycles. The van der Waals surface area contributed by atoms with E-state index in [4.69, 9.17) is 4.74 Å². The van der Waals surface area contributed by atoms with Crippen molar-refractivity contribution >= 4 is 17.6 Å². The molecule has 6 nitrogen and oxygen atoms in total. The van der Waals surface area contributed by atoms with E-state index >= 15 is 0 Å². The van der Waals surface area contributed by atoms with Gasteiger partial charge in [0, 0.05) is 6.42 Å². The Labute approximate surface area is 136 Å². The van der Waals surface area contributed by atoms with Gasteiger partial charge in [-0.2, -0.15) is 5.10 Å². The van der Waals surface area contributed by atoms with Gasteiger partial charge >= 0.3 is 0 Å². The van der Waals surface area contributed by atoms with E-state index in [-0.39, 0.29) is 18.0 Å². The van der Waals surface area contributed by atoms with Gasteiger partial charge in [-0.15, -0.1) is 0 Å². The van der Waals surface area contributed by atoms with Gasteiger partial charge in [-0.05, 0) is 32.4 Å². The van der Waals surface area contributed by atoms with E-state index in [0.717, 1.165) is 24.2 Å². The van der Waals surface area contributed by atoms with E-state index in [0.29, 0.717) is 18.2 Å². The van der Waals surface area contributed by atoms with Crippen molar-refractivity contribution < 1.29 is 9.53 Å². The summed E-state index contributed by atoms with van der Waals surface area (Å²) in [5, 5.41) is 9.36. The lowest BCUT2D eigenvalue weighted by atomic mass is 10.1. The first-order chi connectivity index (χ1) is 11.2. The molecule has 0 spiro atoms. The fourth-order valence-electron chi connectivity index (χ4n) is 2.97. The average Bonchev–Trinajstić information content (AvgIpc) is 2.85. The van der Waals surface area contributed by atoms with Crippen molar-refractivity contribution in [3.05, 3.63) is 29.8 Å². The van der Waals surface area contributed by atoms with Crippen LogP contribution in [0.5, 0.6) is 5.75 Å². The smallest absolute Gasteiger partial charge is 0.252 e. The third-order valence-corrected chi connectivity index (χ3v) is 3.97. The maximum atomic E-state index is 12.5. The van der Waals surface area contributed by atoms with Crippen LogP contribution in [0.25, 0.3) is 0 Å². The van der Waals surface area contributed by atoms with Crippen molar-refractivity contribution in [1.82, 2.24) is 10.3 Å². The number of rotatable bonds is 5. The van der Waals surface area contributed by atoms with Crippen LogP contribution in [0.1, 0.15) is 39.2 Å². The van der Waals surface area contributed by atoms with E-state index in [2.05, 4.69) is 22.3 Å². The summed E-state index contributed by atoms with van der Waals surface area (Å²) >= 11 is 0. The minimum Gasteiger partial charge on any atom is -0.493 e. The normalized spacial score (nSPS) is 23.1. The lowest BCUT2D eigenvalue weighted by Crippen LogP contribution is -2.54. The molecule has 0 fully saturated rings. The monoisotopic (exact) mass is 314 g/mol. The molecule has 0 saturated heterocycles. The Hall–Kier alpha value is -2.37. The molecule has 2 aliphatic rings. The summed E-state index contributed by atoms with van der Waals surface area (Å²) in [5.74, 6) is 2.05. The Morgan fingerprint density at radius 3 is 2.83 bits per heavy atom. The Balaban J connectivity index is 1.99. The van der Waals surface area contributed by atoms with Crippen LogP contribution in [0.4, 0.5) is 0 Å². The molecule has 0 saturated carbocycles. The standard InChI is InChI=1S/C17H22N4O2/c1-4-8-14-18-11(3)15-17(22)19-16(20-21(14)15)12-9-6-7-10-13(12)23-5-2/h6-7,9-11,15H,4-5,8H2,1-3H3,(H,19,20,22). The molecule has 3 rings (SSSR count). The van der Waals surface area contributed by atoms with E-state index in [1.807, 2.05) is 38.1 Å². The minimum atomic E-state index is -0.348. The number of ether oxygens (including phenoxy) is 1. The van der Waals surface area contributed by atoms with Crippen LogP contribution in [0, 0.1) is 0 Å². The van der Waals surface area contributed by atoms with Crippen LogP contribution in [0.2, 0.25) is 0 Å². The number of fused-ring (bicyclic) bond motifs is 1. The Morgan fingerprint density at radius 2 is 2.09 bits per heavy atom. The maximum Gasteiger partial charge on any atom is 0.252 e. The van der Waals surface area contributed by atoms with Gasteiger partial charge in [-0.1, -0.05) is 19.1 Å². The first kappa shape index (κ1) is 15.5. The van der Waals surface area contributed by atoms with Gasteiger partial charge < -0.3 is 10.1 Å². The summed E-state index contributed by atoms with van der Waals surface area (Å²) in [6.45, 7) is 6.54. The van der Waals surface area contributed by atoms with E-state index in [1.165, 1.54) is 0 Å². The van der Waals surface area contributed by atoms with E-state index in [1.54, 1.807) is 5.01 Å². The number of carbonyl (C=O) groups is 1. The number of hydrogen-bond acceptors (Lipinski definition) is 5. The molecule has 122 valence electrons. The number of benzene rings is 1. The van der Waals surface area contributed by atoms with Crippen LogP contribution in [-0.4, -0.2) is 41.3 Å². The van der Waals surface area contributed by atoms with Gasteiger partial charge in [0.25, 0.3) is 5.91 Å². The average molecular weight is 314 g/mol. The zero-order chi connectivity index (χ0) is 16.4. The predicted molar refractivity (Wildman–Crippen MR) is 89.7 cm³/mol. The molecular formula is C17H22N4O2. The fraction of sp³-hybridized carbons (Fsp3) is 0.471. The van der Waals surface area contributed by atoms with Gasteiger partial charge in [-0.3, -0.25) is 9.79 Å². The number of nitrogens with one attached hydrogen (secondary N) is 1. The predicted octanol–water partition coefficient (Wildman–Crippen LogP) is 2.15. The van der Waals surface area contributed by atoms with Crippen LogP contribution >= 0.6 is 0 Å². The molecule has 1 amide bonds. The maximum absolute atomic E-state index is 12.5. The summed E-state index contributed by atoms with van der Waals surface area (Å²) in [6.07, 6.45) is 1.79. The van der Waals surface area contributed by atoms with Crippen molar-refractivity contribution in [2.45, 2.75) is 45.7 Å². The molecular weight excluding hydrogens is 292 g/mol. The van der Waals surface area contributed by atoms with Gasteiger partial charge in [0.05, 0.1) is 18.2 Å². The van der Waals surface area contributed by atoms with Crippen molar-refractivity contribution in [2.24, 2.45) is 10.1 Å². The zero-order valence-corrected chi connectivity index (χ0v) is 13.7. The first-order valence-corrected chi connectivity index (χ1v) is 8.13. The molecule has 2 heterocycles. The number of aliphatic imine (C=N–C) groups is 1. The van der Waals surface area contributed by atoms with Crippen LogP contribution in [-0.2, 0) is 4.79 Å². The van der Waals surface area contributed by atoms with Crippen LogP contribution in [0.3, 0.4) is 0 Å². The summed E-state index contributed by atoms with van der Waals surface area (Å²) in [7, 11) is 0. The molecule has 23 heavy (non-hydrogen) atoms. The number of hydrogen-bond donors (Lipinski definition) is 1. The number of nitrogens with zero attached hydrogens (tertiary/aromatic N) is 3. The fourth-order valence-corrected chi connectivity index (χ4v) is 2.97. The molecule has 1 aromatic rings. The lowest BCUT2D eigenvalue weighted by molar-refractivity contribution is -0.124. The number of hydrazone groups is 1. The largest absolute Gasteiger partial charge is 0.493 e. The van der Waals surface area contributed by atoms with Crippen molar-refractivity contribution in [2.75, 3.05) is 6.61 Å². The molecule has 0 aliphatic carbocycles. The second kappa shape index (κ2) is 6.40.